The highest BCUT2D eigenvalue weighted by Crippen LogP contribution is 2.37. The summed E-state index contributed by atoms with van der Waals surface area (Å²) in [5.74, 6) is 0.443. The molecule has 40 heavy (non-hydrogen) atoms. The van der Waals surface area contributed by atoms with Crippen molar-refractivity contribution in [3.8, 4) is 5.75 Å². The molecule has 9 nitrogen and oxygen atoms in total. The van der Waals surface area contributed by atoms with Gasteiger partial charge in [0, 0.05) is 31.9 Å². The van der Waals surface area contributed by atoms with Gasteiger partial charge in [-0.15, -0.1) is 0 Å². The molecular formula is C29H36N2O7S2. The summed E-state index contributed by atoms with van der Waals surface area (Å²) in [6, 6.07) is 19.9. The van der Waals surface area contributed by atoms with Crippen LogP contribution in [0.5, 0.6) is 5.75 Å². The minimum atomic E-state index is -3.59. The van der Waals surface area contributed by atoms with Crippen molar-refractivity contribution in [2.45, 2.75) is 47.7 Å². The Morgan fingerprint density at radius 3 is 2.52 bits per heavy atom. The number of nitrogens with zero attached hydrogens (tertiary/aromatic N) is 1. The number of benzene rings is 3. The predicted octanol–water partition coefficient (Wildman–Crippen LogP) is 2.73. The van der Waals surface area contributed by atoms with Gasteiger partial charge in [-0.05, 0) is 59.9 Å². The fraction of sp³-hybridized carbons (Fsp3) is 0.448. The Balaban J connectivity index is 1.08. The summed E-state index contributed by atoms with van der Waals surface area (Å²) in [4.78, 5) is 0.312. The number of aliphatic hydroxyl groups excluding tert-OH is 1. The average molecular weight is 589 g/mol. The molecule has 0 aromatic heterocycles. The van der Waals surface area contributed by atoms with E-state index in [0.29, 0.717) is 55.3 Å². The lowest BCUT2D eigenvalue weighted by molar-refractivity contribution is -0.0312. The number of aliphatic hydroxyl groups is 1. The van der Waals surface area contributed by atoms with Crippen LogP contribution in [0.25, 0.3) is 10.8 Å². The van der Waals surface area contributed by atoms with Crippen LogP contribution < -0.4 is 10.1 Å². The molecule has 5 rings (SSSR count). The van der Waals surface area contributed by atoms with Gasteiger partial charge in [-0.2, -0.15) is 4.31 Å². The molecule has 1 spiro atoms. The highest BCUT2D eigenvalue weighted by atomic mass is 32.2. The molecular weight excluding hydrogens is 552 g/mol. The second kappa shape index (κ2) is 11.8. The van der Waals surface area contributed by atoms with Crippen molar-refractivity contribution in [3.63, 3.8) is 0 Å². The van der Waals surface area contributed by atoms with E-state index in [1.165, 1.54) is 6.26 Å². The topological polar surface area (TPSA) is 122 Å². The minimum absolute atomic E-state index is 0.0522. The quantitative estimate of drug-likeness (QED) is 0.371. The van der Waals surface area contributed by atoms with E-state index in [4.69, 9.17) is 9.47 Å². The summed E-state index contributed by atoms with van der Waals surface area (Å²) in [5, 5.41) is 15.7. The number of sulfone groups is 1. The SMILES string of the molecule is CS(=O)(=O)Cc1cccc(OC[C@@H](O)CNC2COC3(CCN(S(=O)(=O)c4ccc5ccccc5c4)CC3)C2)c1. The third kappa shape index (κ3) is 7.02. The van der Waals surface area contributed by atoms with E-state index in [0.717, 1.165) is 17.2 Å². The molecule has 2 aliphatic rings. The Labute approximate surface area is 236 Å². The molecule has 3 aromatic rings. The van der Waals surface area contributed by atoms with Crippen LogP contribution in [0.3, 0.4) is 0 Å². The molecule has 0 aliphatic carbocycles. The number of hydrogen-bond acceptors (Lipinski definition) is 8. The Morgan fingerprint density at radius 2 is 1.77 bits per heavy atom. The van der Waals surface area contributed by atoms with Crippen LogP contribution in [0, 0.1) is 0 Å². The standard InChI is InChI=1S/C29H36N2O7S2/c1-39(33,34)21-22-5-4-8-27(15-22)37-20-26(32)18-30-25-17-29(38-19-25)11-13-31(14-12-29)40(35,36)28-10-9-23-6-2-3-7-24(23)16-28/h2-10,15-16,25-26,30,32H,11-14,17-21H2,1H3/t25?,26-/m0/s1. The van der Waals surface area contributed by atoms with Crippen molar-refractivity contribution in [2.75, 3.05) is 39.1 Å². The molecule has 1 unspecified atom stereocenters. The molecule has 0 bridgehead atoms. The number of rotatable bonds is 10. The Bertz CT molecular complexity index is 1550. The number of fused-ring (bicyclic) bond motifs is 1. The van der Waals surface area contributed by atoms with E-state index in [2.05, 4.69) is 5.32 Å². The van der Waals surface area contributed by atoms with Gasteiger partial charge in [0.15, 0.2) is 9.84 Å². The predicted molar refractivity (Wildman–Crippen MR) is 154 cm³/mol. The van der Waals surface area contributed by atoms with Gasteiger partial charge >= 0.3 is 0 Å². The number of ether oxygens (including phenoxy) is 2. The molecule has 2 heterocycles. The first-order valence-electron chi connectivity index (χ1n) is 13.5. The molecule has 2 aliphatic heterocycles. The smallest absolute Gasteiger partial charge is 0.243 e. The Kier molecular flexibility index (Phi) is 8.51. The van der Waals surface area contributed by atoms with Crippen LogP contribution in [0.4, 0.5) is 0 Å². The lowest BCUT2D eigenvalue weighted by atomic mass is 9.88. The number of piperidine rings is 1. The monoisotopic (exact) mass is 588 g/mol. The lowest BCUT2D eigenvalue weighted by Gasteiger charge is -2.38. The summed E-state index contributed by atoms with van der Waals surface area (Å²) in [5.41, 5.74) is 0.270. The van der Waals surface area contributed by atoms with E-state index in [1.54, 1.807) is 40.7 Å². The third-order valence-corrected chi connectivity index (χ3v) is 10.4. The molecule has 2 fully saturated rings. The zero-order valence-corrected chi connectivity index (χ0v) is 24.2. The zero-order chi connectivity index (χ0) is 28.4. The van der Waals surface area contributed by atoms with Gasteiger partial charge in [-0.1, -0.05) is 42.5 Å². The van der Waals surface area contributed by atoms with Crippen molar-refractivity contribution in [3.05, 3.63) is 72.3 Å². The lowest BCUT2D eigenvalue weighted by Crippen LogP contribution is -2.47. The van der Waals surface area contributed by atoms with E-state index in [1.807, 2.05) is 30.3 Å². The maximum Gasteiger partial charge on any atom is 0.243 e. The molecule has 0 radical (unpaired) electrons. The van der Waals surface area contributed by atoms with Crippen LogP contribution in [0.15, 0.2) is 71.6 Å². The van der Waals surface area contributed by atoms with Crippen LogP contribution in [-0.2, 0) is 30.4 Å². The first-order chi connectivity index (χ1) is 19.0. The molecule has 2 saturated heterocycles. The van der Waals surface area contributed by atoms with Crippen molar-refractivity contribution in [1.29, 1.82) is 0 Å². The first kappa shape index (κ1) is 29.0. The van der Waals surface area contributed by atoms with Gasteiger partial charge in [0.25, 0.3) is 0 Å². The van der Waals surface area contributed by atoms with Crippen LogP contribution in [-0.4, -0.2) is 83.1 Å². The number of sulfonamides is 1. The van der Waals surface area contributed by atoms with E-state index in [-0.39, 0.29) is 24.0 Å². The fourth-order valence-corrected chi connectivity index (χ4v) is 7.78. The van der Waals surface area contributed by atoms with Gasteiger partial charge in [0.05, 0.1) is 22.9 Å². The van der Waals surface area contributed by atoms with E-state index < -0.39 is 26.0 Å². The highest BCUT2D eigenvalue weighted by molar-refractivity contribution is 7.90. The molecule has 0 amide bonds. The molecule has 3 aromatic carbocycles. The Hall–Kier alpha value is -2.54. The van der Waals surface area contributed by atoms with Gasteiger partial charge in [0.1, 0.15) is 18.5 Å². The summed E-state index contributed by atoms with van der Waals surface area (Å²) in [6.07, 6.45) is 2.41. The van der Waals surface area contributed by atoms with Gasteiger partial charge in [-0.25, -0.2) is 16.8 Å². The van der Waals surface area contributed by atoms with Gasteiger partial charge < -0.3 is 19.9 Å². The van der Waals surface area contributed by atoms with Crippen molar-refractivity contribution in [2.24, 2.45) is 0 Å². The molecule has 216 valence electrons. The zero-order valence-electron chi connectivity index (χ0n) is 22.5. The number of nitrogens with one attached hydrogen (secondary N) is 1. The molecule has 2 N–H and O–H groups in total. The highest BCUT2D eigenvalue weighted by Gasteiger charge is 2.44. The average Bonchev–Trinajstić information content (AvgIpc) is 3.32. The maximum atomic E-state index is 13.3. The summed E-state index contributed by atoms with van der Waals surface area (Å²) < 4.78 is 63.1. The summed E-state index contributed by atoms with van der Waals surface area (Å²) in [7, 11) is -6.74. The summed E-state index contributed by atoms with van der Waals surface area (Å²) >= 11 is 0. The van der Waals surface area contributed by atoms with Crippen molar-refractivity contribution in [1.82, 2.24) is 9.62 Å². The second-order valence-corrected chi connectivity index (χ2v) is 15.0. The first-order valence-corrected chi connectivity index (χ1v) is 17.0. The van der Waals surface area contributed by atoms with E-state index >= 15 is 0 Å². The van der Waals surface area contributed by atoms with Crippen molar-refractivity contribution >= 4 is 30.6 Å². The molecule has 11 heteroatoms. The van der Waals surface area contributed by atoms with Crippen LogP contribution in [0.2, 0.25) is 0 Å². The van der Waals surface area contributed by atoms with Crippen LogP contribution >= 0.6 is 0 Å². The maximum absolute atomic E-state index is 13.3. The van der Waals surface area contributed by atoms with Crippen molar-refractivity contribution < 1.29 is 31.4 Å². The second-order valence-electron chi connectivity index (χ2n) is 10.9. The van der Waals surface area contributed by atoms with E-state index in [9.17, 15) is 21.9 Å². The third-order valence-electron chi connectivity index (χ3n) is 7.61. The largest absolute Gasteiger partial charge is 0.491 e. The van der Waals surface area contributed by atoms with Crippen LogP contribution in [0.1, 0.15) is 24.8 Å². The fourth-order valence-electron chi connectivity index (χ4n) is 5.52. The van der Waals surface area contributed by atoms with Gasteiger partial charge in [0.2, 0.25) is 10.0 Å². The van der Waals surface area contributed by atoms with Gasteiger partial charge in [-0.3, -0.25) is 0 Å². The molecule has 2 atom stereocenters. The molecule has 0 saturated carbocycles. The minimum Gasteiger partial charge on any atom is -0.491 e. The summed E-state index contributed by atoms with van der Waals surface area (Å²) in [6.45, 7) is 1.68. The normalized spacial score (nSPS) is 20.6. The Morgan fingerprint density at radius 1 is 1.02 bits per heavy atom. The number of hydrogen-bond donors (Lipinski definition) is 2.